The second-order valence-electron chi connectivity index (χ2n) is 22.1. The summed E-state index contributed by atoms with van der Waals surface area (Å²) in [5, 5.41) is 25.1. The molecule has 11 aromatic rings. The van der Waals surface area contributed by atoms with E-state index < -0.39 is 55.3 Å². The number of alkyl halides is 9. The van der Waals surface area contributed by atoms with Crippen LogP contribution < -0.4 is 35.6 Å². The number of hydrogen-bond donors (Lipinski definition) is 5. The van der Waals surface area contributed by atoms with Gasteiger partial charge in [-0.1, -0.05) is 0 Å². The number of aryl methyl sites for hydroxylation is 3. The molecule has 6 aromatic carbocycles. The number of anilines is 3. The van der Waals surface area contributed by atoms with Crippen molar-refractivity contribution in [1.29, 1.82) is 0 Å². The Hall–Kier alpha value is -8.66. The van der Waals surface area contributed by atoms with E-state index in [1.54, 1.807) is 48.8 Å². The van der Waals surface area contributed by atoms with E-state index in [2.05, 4.69) is 101 Å². The molecule has 3 amide bonds. The fourth-order valence-corrected chi connectivity index (χ4v) is 15.4. The van der Waals surface area contributed by atoms with Gasteiger partial charge in [-0.05, 0) is 141 Å². The van der Waals surface area contributed by atoms with Gasteiger partial charge in [-0.3, -0.25) is 14.4 Å². The van der Waals surface area contributed by atoms with Crippen molar-refractivity contribution in [2.75, 3.05) is 33.2 Å². The zero-order chi connectivity index (χ0) is 73.1. The number of halogens is 11. The standard InChI is InChI=1S/C22H16ClF2N5O4S.C18H13BrClF2N3O4S.C18H13BrClF2N3O2S.C4H5BN2O2/c23-22(24,25)34-16-3-1-15(2-4-16)28-21(31)13-7-17(14-9-26-12-27-10-14)20-18(8-13)29-19-11-35(32,33)6-5-30(19)20;19-13-7-10(8-14-16(13)25-5-6-30(27,28)9-15(25)24-14)17(26)23-11-1-3-12(4-2-11)29-18(20,21)22;19-13-7-10(8-14-16(13)25-5-6-28-9-15(25)24-14)17(26)23-11-1-3-12(4-2-11)27-18(20,21)22;8-5(9)4-1-6-3-7-2-4/h1-4,7-10,12H,5-6,11H2,(H,28,31);1-4,7-8H,5-6,9H2,(H,23,26);1-4,7-8H,5-6,9H2,(H,23,26);1-3,8-9H. The molecule has 0 atom stereocenters. The Morgan fingerprint density at radius 2 is 0.863 bits per heavy atom. The largest absolute Gasteiger partial charge is 0.491 e. The monoisotopic (exact) mass is 1650 g/mol. The highest BCUT2D eigenvalue weighted by Crippen LogP contribution is 2.37. The van der Waals surface area contributed by atoms with Gasteiger partial charge in [0.1, 0.15) is 58.9 Å². The van der Waals surface area contributed by atoms with Crippen molar-refractivity contribution in [3.8, 4) is 28.4 Å². The number of imidazole rings is 3. The van der Waals surface area contributed by atoms with E-state index in [0.29, 0.717) is 84.0 Å². The molecule has 102 heavy (non-hydrogen) atoms. The van der Waals surface area contributed by atoms with Crippen LogP contribution in [0.4, 0.5) is 43.4 Å². The van der Waals surface area contributed by atoms with Crippen LogP contribution in [-0.4, -0.2) is 134 Å². The number of ether oxygens (including phenoxy) is 3. The van der Waals surface area contributed by atoms with E-state index in [9.17, 15) is 57.6 Å². The van der Waals surface area contributed by atoms with Crippen molar-refractivity contribution < 1.29 is 81.8 Å². The average Bonchev–Trinajstić information content (AvgIpc) is 1.60. The number of sulfone groups is 2. The molecule has 0 aliphatic carbocycles. The molecule has 25 nitrogen and oxygen atoms in total. The van der Waals surface area contributed by atoms with Gasteiger partial charge in [0, 0.05) is 144 Å². The topological polar surface area (TPSA) is 329 Å². The summed E-state index contributed by atoms with van der Waals surface area (Å²) in [4.78, 5) is 67.1. The summed E-state index contributed by atoms with van der Waals surface area (Å²) >= 11 is 23.0. The third-order valence-electron chi connectivity index (χ3n) is 14.9. The lowest BCUT2D eigenvalue weighted by atomic mass is 9.83. The van der Waals surface area contributed by atoms with Gasteiger partial charge in [0.25, 0.3) is 17.7 Å². The Morgan fingerprint density at radius 3 is 1.25 bits per heavy atom. The zero-order valence-electron chi connectivity index (χ0n) is 51.6. The number of carbonyl (C=O) groups excluding carboxylic acids is 3. The summed E-state index contributed by atoms with van der Waals surface area (Å²) in [6.45, 7) is 1.43. The highest BCUT2D eigenvalue weighted by molar-refractivity contribution is 9.11. The molecular formula is C62H47BBr2Cl3F6N13O12S3. The van der Waals surface area contributed by atoms with E-state index >= 15 is 0 Å². The fraction of sp³-hybridized carbons (Fsp3) is 0.194. The predicted molar refractivity (Wildman–Crippen MR) is 376 cm³/mol. The van der Waals surface area contributed by atoms with Gasteiger partial charge in [0.2, 0.25) is 0 Å². The van der Waals surface area contributed by atoms with Gasteiger partial charge in [-0.15, -0.1) is 26.3 Å². The molecule has 5 aromatic heterocycles. The van der Waals surface area contributed by atoms with E-state index in [-0.39, 0.29) is 58.3 Å². The second kappa shape index (κ2) is 30.7. The lowest BCUT2D eigenvalue weighted by molar-refractivity contribution is -0.0972. The third-order valence-corrected chi connectivity index (χ3v) is 20.3. The summed E-state index contributed by atoms with van der Waals surface area (Å²) in [7, 11) is -7.90. The van der Waals surface area contributed by atoms with Crippen LogP contribution in [0.15, 0.2) is 156 Å². The van der Waals surface area contributed by atoms with Crippen LogP contribution in [-0.2, 0) is 56.6 Å². The maximum atomic E-state index is 13.1. The Balaban J connectivity index is 0.000000145. The molecule has 5 N–H and O–H groups in total. The molecule has 14 rings (SSSR count). The maximum absolute atomic E-state index is 13.1. The number of nitrogens with one attached hydrogen (secondary N) is 3. The van der Waals surface area contributed by atoms with Gasteiger partial charge in [-0.2, -0.15) is 11.8 Å². The van der Waals surface area contributed by atoms with E-state index in [1.165, 1.54) is 97.8 Å². The smallest absolute Gasteiger partial charge is 0.423 e. The van der Waals surface area contributed by atoms with Crippen molar-refractivity contribution in [2.24, 2.45) is 0 Å². The van der Waals surface area contributed by atoms with Crippen LogP contribution in [0.1, 0.15) is 48.5 Å². The highest BCUT2D eigenvalue weighted by atomic mass is 79.9. The van der Waals surface area contributed by atoms with Crippen molar-refractivity contribution >= 4 is 179 Å². The van der Waals surface area contributed by atoms with E-state index in [4.69, 9.17) is 44.9 Å². The molecule has 8 heterocycles. The van der Waals surface area contributed by atoms with E-state index in [1.807, 2.05) is 20.9 Å². The molecule has 3 aliphatic heterocycles. The molecule has 40 heteroatoms. The van der Waals surface area contributed by atoms with Crippen molar-refractivity contribution in [1.82, 2.24) is 48.6 Å². The fourth-order valence-electron chi connectivity index (χ4n) is 10.5. The van der Waals surface area contributed by atoms with Gasteiger partial charge in [0.05, 0.1) is 50.4 Å². The van der Waals surface area contributed by atoms with Crippen LogP contribution >= 0.6 is 78.4 Å². The Kier molecular flexibility index (Phi) is 22.5. The predicted octanol–water partition coefficient (Wildman–Crippen LogP) is 11.6. The SMILES string of the molecule is O=C(Nc1ccc(OC(F)(F)Cl)cc1)c1cc(-c2cncnc2)c2c(c1)nc1n2CCS(=O)(=O)C1.O=C(Nc1ccc(OC(F)(F)Cl)cc1)c1cc(Br)c2c(c1)nc1n2CCS(=O)(=O)C1.O=C(Nc1ccc(OC(F)(F)Cl)cc1)c1cc(Br)c2c(c1)nc1n2CCSC1.OB(O)c1cncnc1. The number of thioether (sulfide) groups is 1. The van der Waals surface area contributed by atoms with Crippen LogP contribution in [0.5, 0.6) is 17.2 Å². The Morgan fingerprint density at radius 1 is 0.510 bits per heavy atom. The number of rotatable bonds is 14. The molecule has 3 aliphatic rings. The molecule has 0 spiro atoms. The summed E-state index contributed by atoms with van der Waals surface area (Å²) in [6, 6.07) is 25.9. The first-order valence-electron chi connectivity index (χ1n) is 29.5. The summed E-state index contributed by atoms with van der Waals surface area (Å²) < 4.78 is 144. The van der Waals surface area contributed by atoms with Crippen LogP contribution in [0.25, 0.3) is 44.2 Å². The quantitative estimate of drug-likeness (QED) is 0.0384. The minimum Gasteiger partial charge on any atom is -0.423 e. The minimum absolute atomic E-state index is 0.00616. The van der Waals surface area contributed by atoms with E-state index in [0.717, 1.165) is 44.9 Å². The molecule has 0 bridgehead atoms. The molecular weight excluding hydrogens is 1610 g/mol. The average molecular weight is 1650 g/mol. The number of carbonyl (C=O) groups is 3. The van der Waals surface area contributed by atoms with Gasteiger partial charge >= 0.3 is 23.8 Å². The van der Waals surface area contributed by atoms with Crippen molar-refractivity contribution in [3.05, 3.63) is 190 Å². The Bertz CT molecular complexity index is 5210. The summed E-state index contributed by atoms with van der Waals surface area (Å²) in [6.07, 6.45) is 8.58. The number of fused-ring (bicyclic) bond motifs is 9. The van der Waals surface area contributed by atoms with Crippen LogP contribution in [0.3, 0.4) is 0 Å². The third kappa shape index (κ3) is 19.1. The number of hydrogen-bond acceptors (Lipinski definition) is 20. The molecule has 530 valence electrons. The summed E-state index contributed by atoms with van der Waals surface area (Å²) in [5.41, 5.74) is -3.69. The lowest BCUT2D eigenvalue weighted by Gasteiger charge is -2.16. The lowest BCUT2D eigenvalue weighted by Crippen LogP contribution is -2.30. The van der Waals surface area contributed by atoms with Gasteiger partial charge in [0.15, 0.2) is 19.7 Å². The normalized spacial score (nSPS) is 14.4. The minimum atomic E-state index is -3.85. The molecule has 0 fully saturated rings. The highest BCUT2D eigenvalue weighted by Gasteiger charge is 2.32. The first kappa shape index (κ1) is 74.5. The number of nitrogens with zero attached hydrogens (tertiary/aromatic N) is 10. The molecule has 0 saturated carbocycles. The van der Waals surface area contributed by atoms with Crippen molar-refractivity contribution in [2.45, 2.75) is 53.6 Å². The Labute approximate surface area is 609 Å². The molecule has 0 saturated heterocycles. The zero-order valence-corrected chi connectivity index (χ0v) is 59.5. The van der Waals surface area contributed by atoms with Gasteiger partial charge in [-0.25, -0.2) is 51.7 Å². The van der Waals surface area contributed by atoms with Crippen molar-refractivity contribution in [3.63, 3.8) is 0 Å². The second-order valence-corrected chi connectivity index (χ2v) is 30.6. The first-order chi connectivity index (χ1) is 48.2. The number of benzene rings is 6. The molecule has 0 radical (unpaired) electrons. The first-order valence-corrected chi connectivity index (χ1v) is 37.0. The molecule has 0 unspecified atom stereocenters. The number of aromatic nitrogens is 10. The maximum Gasteiger partial charge on any atom is 0.491 e. The van der Waals surface area contributed by atoms with Crippen LogP contribution in [0, 0.1) is 0 Å². The number of amides is 3. The summed E-state index contributed by atoms with van der Waals surface area (Å²) in [5.74, 6) is 1.69. The van der Waals surface area contributed by atoms with Gasteiger partial charge < -0.3 is 53.9 Å². The van der Waals surface area contributed by atoms with Crippen LogP contribution in [0.2, 0.25) is 0 Å².